The molecule has 0 aliphatic heterocycles. The van der Waals surface area contributed by atoms with E-state index in [0.717, 1.165) is 5.92 Å². The van der Waals surface area contributed by atoms with Crippen LogP contribution in [0.25, 0.3) is 0 Å². The van der Waals surface area contributed by atoms with Gasteiger partial charge in [0.05, 0.1) is 6.61 Å². The summed E-state index contributed by atoms with van der Waals surface area (Å²) < 4.78 is 0. The van der Waals surface area contributed by atoms with Crippen LogP contribution in [-0.2, 0) is 0 Å². The Morgan fingerprint density at radius 2 is 2.00 bits per heavy atom. The van der Waals surface area contributed by atoms with E-state index < -0.39 is 0 Å². The topological polar surface area (TPSA) is 20.2 Å². The highest BCUT2D eigenvalue weighted by atomic mass is 16.2. The van der Waals surface area contributed by atoms with Crippen LogP contribution in [0, 0.1) is 5.92 Å². The van der Waals surface area contributed by atoms with Gasteiger partial charge < -0.3 is 5.11 Å². The van der Waals surface area contributed by atoms with Crippen LogP contribution in [0.5, 0.6) is 0 Å². The summed E-state index contributed by atoms with van der Waals surface area (Å²) >= 11 is 0. The average Bonchev–Trinajstić information content (AvgIpc) is 2.07. The van der Waals surface area contributed by atoms with Crippen molar-refractivity contribution >= 4 is 0 Å². The average molecular weight is 152 g/mol. The SMILES string of the molecule is OCC=C=CC1CCCCC1. The fourth-order valence-electron chi connectivity index (χ4n) is 1.56. The summed E-state index contributed by atoms with van der Waals surface area (Å²) in [6, 6.07) is 0. The Balaban J connectivity index is 2.29. The van der Waals surface area contributed by atoms with Crippen molar-refractivity contribution in [3.05, 3.63) is 17.9 Å². The van der Waals surface area contributed by atoms with Gasteiger partial charge in [0.25, 0.3) is 0 Å². The van der Waals surface area contributed by atoms with Gasteiger partial charge in [0.15, 0.2) is 0 Å². The highest BCUT2D eigenvalue weighted by Crippen LogP contribution is 2.23. The molecule has 62 valence electrons. The van der Waals surface area contributed by atoms with E-state index in [1.165, 1.54) is 32.1 Å². The first-order valence-electron chi connectivity index (χ1n) is 4.45. The lowest BCUT2D eigenvalue weighted by Crippen LogP contribution is -2.01. The minimum atomic E-state index is 0.114. The van der Waals surface area contributed by atoms with Crippen molar-refractivity contribution in [2.45, 2.75) is 32.1 Å². The van der Waals surface area contributed by atoms with Crippen molar-refractivity contribution in [1.29, 1.82) is 0 Å². The predicted molar refractivity (Wildman–Crippen MR) is 46.3 cm³/mol. The first-order chi connectivity index (χ1) is 5.43. The third kappa shape index (κ3) is 3.41. The van der Waals surface area contributed by atoms with Crippen LogP contribution < -0.4 is 0 Å². The molecule has 0 spiro atoms. The maximum absolute atomic E-state index is 8.46. The molecular weight excluding hydrogens is 136 g/mol. The molecule has 1 aliphatic carbocycles. The van der Waals surface area contributed by atoms with Crippen LogP contribution in [0.4, 0.5) is 0 Å². The molecule has 0 saturated heterocycles. The smallest absolute Gasteiger partial charge is 0.0686 e. The zero-order chi connectivity index (χ0) is 7.94. The minimum Gasteiger partial charge on any atom is -0.392 e. The molecule has 0 aromatic heterocycles. The molecule has 0 atom stereocenters. The van der Waals surface area contributed by atoms with Crippen molar-refractivity contribution in [2.24, 2.45) is 5.92 Å². The van der Waals surface area contributed by atoms with Crippen LogP contribution in [0.15, 0.2) is 17.9 Å². The molecule has 0 amide bonds. The lowest BCUT2D eigenvalue weighted by molar-refractivity contribution is 0.343. The number of rotatable bonds is 2. The third-order valence-electron chi connectivity index (χ3n) is 2.19. The van der Waals surface area contributed by atoms with Gasteiger partial charge in [-0.1, -0.05) is 19.3 Å². The molecule has 0 heterocycles. The second-order valence-electron chi connectivity index (χ2n) is 3.12. The van der Waals surface area contributed by atoms with Crippen molar-refractivity contribution in [1.82, 2.24) is 0 Å². The second-order valence-corrected chi connectivity index (χ2v) is 3.12. The van der Waals surface area contributed by atoms with Gasteiger partial charge in [-0.2, -0.15) is 0 Å². The minimum absolute atomic E-state index is 0.114. The zero-order valence-electron chi connectivity index (χ0n) is 6.92. The van der Waals surface area contributed by atoms with Crippen LogP contribution in [0.3, 0.4) is 0 Å². The van der Waals surface area contributed by atoms with E-state index in [0.29, 0.717) is 0 Å². The van der Waals surface area contributed by atoms with E-state index in [1.807, 2.05) is 0 Å². The van der Waals surface area contributed by atoms with E-state index in [1.54, 1.807) is 6.08 Å². The van der Waals surface area contributed by atoms with Crippen LogP contribution >= 0.6 is 0 Å². The Labute approximate surface area is 68.4 Å². The highest BCUT2D eigenvalue weighted by molar-refractivity contribution is 4.90. The largest absolute Gasteiger partial charge is 0.392 e. The van der Waals surface area contributed by atoms with Crippen molar-refractivity contribution in [2.75, 3.05) is 6.61 Å². The summed E-state index contributed by atoms with van der Waals surface area (Å²) in [4.78, 5) is 0. The quantitative estimate of drug-likeness (QED) is 0.602. The predicted octanol–water partition coefficient (Wildman–Crippen LogP) is 2.27. The lowest BCUT2D eigenvalue weighted by atomic mass is 9.89. The summed E-state index contributed by atoms with van der Waals surface area (Å²) in [6.45, 7) is 0.114. The third-order valence-corrected chi connectivity index (χ3v) is 2.19. The second kappa shape index (κ2) is 5.17. The van der Waals surface area contributed by atoms with Crippen molar-refractivity contribution in [3.63, 3.8) is 0 Å². The first kappa shape index (κ1) is 8.58. The van der Waals surface area contributed by atoms with Crippen molar-refractivity contribution in [3.8, 4) is 0 Å². The zero-order valence-corrected chi connectivity index (χ0v) is 6.92. The first-order valence-corrected chi connectivity index (χ1v) is 4.45. The molecule has 1 nitrogen and oxygen atoms in total. The maximum Gasteiger partial charge on any atom is 0.0686 e. The fourth-order valence-corrected chi connectivity index (χ4v) is 1.56. The Bertz CT molecular complexity index is 148. The molecule has 1 aliphatic rings. The van der Waals surface area contributed by atoms with Gasteiger partial charge in [-0.25, -0.2) is 0 Å². The normalized spacial score (nSPS) is 19.0. The highest BCUT2D eigenvalue weighted by Gasteiger charge is 2.08. The van der Waals surface area contributed by atoms with E-state index in [4.69, 9.17) is 5.11 Å². The molecule has 0 radical (unpaired) electrons. The van der Waals surface area contributed by atoms with Gasteiger partial charge in [-0.15, -0.1) is 5.73 Å². The van der Waals surface area contributed by atoms with Gasteiger partial charge >= 0.3 is 0 Å². The maximum atomic E-state index is 8.46. The summed E-state index contributed by atoms with van der Waals surface area (Å²) in [5.74, 6) is 0.728. The Hall–Kier alpha value is -0.520. The summed E-state index contributed by atoms with van der Waals surface area (Å²) in [6.07, 6.45) is 10.5. The van der Waals surface area contributed by atoms with Gasteiger partial charge in [-0.05, 0) is 30.9 Å². The number of hydrogen-bond acceptors (Lipinski definition) is 1. The molecule has 0 aromatic rings. The van der Waals surface area contributed by atoms with Gasteiger partial charge in [0, 0.05) is 0 Å². The van der Waals surface area contributed by atoms with Crippen molar-refractivity contribution < 1.29 is 5.11 Å². The van der Waals surface area contributed by atoms with Crippen LogP contribution in [0.1, 0.15) is 32.1 Å². The van der Waals surface area contributed by atoms with E-state index >= 15 is 0 Å². The van der Waals surface area contributed by atoms with E-state index in [-0.39, 0.29) is 6.61 Å². The van der Waals surface area contributed by atoms with Crippen LogP contribution in [-0.4, -0.2) is 11.7 Å². The number of aliphatic hydroxyl groups excluding tert-OH is 1. The summed E-state index contributed by atoms with van der Waals surface area (Å²) in [7, 11) is 0. The van der Waals surface area contributed by atoms with Gasteiger partial charge in [0.1, 0.15) is 0 Å². The van der Waals surface area contributed by atoms with E-state index in [9.17, 15) is 0 Å². The Kier molecular flexibility index (Phi) is 4.03. The molecule has 1 saturated carbocycles. The van der Waals surface area contributed by atoms with Gasteiger partial charge in [-0.3, -0.25) is 0 Å². The number of aliphatic hydroxyl groups is 1. The monoisotopic (exact) mass is 152 g/mol. The fraction of sp³-hybridized carbons (Fsp3) is 0.700. The van der Waals surface area contributed by atoms with E-state index in [2.05, 4.69) is 11.8 Å². The summed E-state index contributed by atoms with van der Waals surface area (Å²) in [5, 5.41) is 8.46. The standard InChI is InChI=1S/C10H16O/c11-9-5-4-8-10-6-2-1-3-7-10/h5,8,10-11H,1-3,6-7,9H2. The lowest BCUT2D eigenvalue weighted by Gasteiger charge is -2.16. The molecule has 1 fully saturated rings. The molecule has 11 heavy (non-hydrogen) atoms. The van der Waals surface area contributed by atoms with Crippen LogP contribution in [0.2, 0.25) is 0 Å². The number of hydrogen-bond donors (Lipinski definition) is 1. The summed E-state index contributed by atoms with van der Waals surface area (Å²) in [5.41, 5.74) is 3.00. The molecule has 0 bridgehead atoms. The van der Waals surface area contributed by atoms with Gasteiger partial charge in [0.2, 0.25) is 0 Å². The Morgan fingerprint density at radius 1 is 1.27 bits per heavy atom. The molecule has 1 N–H and O–H groups in total. The molecule has 1 rings (SSSR count). The molecule has 0 aromatic carbocycles. The molecule has 0 unspecified atom stereocenters. The Morgan fingerprint density at radius 3 is 2.64 bits per heavy atom. The molecular formula is C10H16O. The molecule has 1 heteroatoms.